The monoisotopic (exact) mass is 226 g/mol. The van der Waals surface area contributed by atoms with E-state index >= 15 is 0 Å². The van der Waals surface area contributed by atoms with Crippen molar-refractivity contribution >= 4 is 0 Å². The Balaban J connectivity index is 2.42. The molecule has 1 rings (SSSR count). The summed E-state index contributed by atoms with van der Waals surface area (Å²) < 4.78 is 0. The molecular weight excluding hydrogens is 196 g/mol. The summed E-state index contributed by atoms with van der Waals surface area (Å²) in [5.74, 6) is 1.60. The van der Waals surface area contributed by atoms with Crippen LogP contribution in [0.25, 0.3) is 0 Å². The third kappa shape index (κ3) is 3.21. The van der Waals surface area contributed by atoms with E-state index in [9.17, 15) is 0 Å². The minimum atomic E-state index is 0.377. The lowest BCUT2D eigenvalue weighted by Gasteiger charge is -2.34. The summed E-state index contributed by atoms with van der Waals surface area (Å²) >= 11 is 0. The van der Waals surface area contributed by atoms with Gasteiger partial charge in [0.15, 0.2) is 0 Å². The van der Waals surface area contributed by atoms with Gasteiger partial charge in [-0.3, -0.25) is 0 Å². The van der Waals surface area contributed by atoms with E-state index < -0.39 is 0 Å². The first-order valence-electron chi connectivity index (χ1n) is 7.16. The van der Waals surface area contributed by atoms with Crippen LogP contribution in [0, 0.1) is 11.8 Å². The van der Waals surface area contributed by atoms with E-state index in [4.69, 9.17) is 5.73 Å². The van der Waals surface area contributed by atoms with Gasteiger partial charge in [0.1, 0.15) is 0 Å². The van der Waals surface area contributed by atoms with Gasteiger partial charge in [0, 0.05) is 5.54 Å². The molecule has 0 aromatic carbocycles. The van der Waals surface area contributed by atoms with E-state index in [2.05, 4.69) is 26.1 Å². The van der Waals surface area contributed by atoms with Crippen LogP contribution >= 0.6 is 0 Å². The first-order valence-corrected chi connectivity index (χ1v) is 7.16. The summed E-state index contributed by atoms with van der Waals surface area (Å²) in [6.45, 7) is 8.96. The van der Waals surface area contributed by atoms with Gasteiger partial charge in [-0.1, -0.05) is 27.2 Å². The Bertz CT molecular complexity index is 179. The zero-order chi connectivity index (χ0) is 12.0. The second kappa shape index (κ2) is 6.61. The van der Waals surface area contributed by atoms with Crippen LogP contribution in [-0.2, 0) is 0 Å². The third-order valence-electron chi connectivity index (χ3n) is 4.89. The molecule has 96 valence electrons. The van der Waals surface area contributed by atoms with Gasteiger partial charge in [-0.15, -0.1) is 0 Å². The molecule has 1 aliphatic rings. The quantitative estimate of drug-likeness (QED) is 0.700. The topological polar surface area (TPSA) is 38.0 Å². The average Bonchev–Trinajstić information content (AvgIpc) is 2.79. The molecule has 0 amide bonds. The maximum absolute atomic E-state index is 5.83. The van der Waals surface area contributed by atoms with Gasteiger partial charge < -0.3 is 11.1 Å². The van der Waals surface area contributed by atoms with Crippen LogP contribution in [0.4, 0.5) is 0 Å². The Morgan fingerprint density at radius 1 is 1.06 bits per heavy atom. The Labute approximate surface area is 101 Å². The van der Waals surface area contributed by atoms with Crippen molar-refractivity contribution in [3.05, 3.63) is 0 Å². The molecule has 2 unspecified atom stereocenters. The maximum Gasteiger partial charge on any atom is 0.0173 e. The Hall–Kier alpha value is -0.0800. The van der Waals surface area contributed by atoms with Gasteiger partial charge in [0.25, 0.3) is 0 Å². The molecular formula is C14H30N2. The van der Waals surface area contributed by atoms with Gasteiger partial charge in [0.2, 0.25) is 0 Å². The number of nitrogens with one attached hydrogen (secondary N) is 1. The van der Waals surface area contributed by atoms with Crippen LogP contribution in [0.1, 0.15) is 59.3 Å². The molecule has 1 aliphatic carbocycles. The van der Waals surface area contributed by atoms with Crippen molar-refractivity contribution in [2.75, 3.05) is 13.1 Å². The van der Waals surface area contributed by atoms with Crippen molar-refractivity contribution in [3.63, 3.8) is 0 Å². The lowest BCUT2D eigenvalue weighted by atomic mass is 9.88. The number of rotatable bonds is 7. The normalized spacial score (nSPS) is 26.2. The second-order valence-electron chi connectivity index (χ2n) is 5.41. The summed E-state index contributed by atoms with van der Waals surface area (Å²) in [7, 11) is 0. The van der Waals surface area contributed by atoms with Crippen molar-refractivity contribution in [3.8, 4) is 0 Å². The molecule has 0 aromatic heterocycles. The van der Waals surface area contributed by atoms with Crippen LogP contribution in [0.2, 0.25) is 0 Å². The summed E-state index contributed by atoms with van der Waals surface area (Å²) in [5.41, 5.74) is 6.21. The Kier molecular flexibility index (Phi) is 5.77. The predicted molar refractivity (Wildman–Crippen MR) is 71.5 cm³/mol. The fourth-order valence-corrected chi connectivity index (χ4v) is 3.17. The molecule has 2 atom stereocenters. The minimum absolute atomic E-state index is 0.377. The van der Waals surface area contributed by atoms with E-state index in [0.717, 1.165) is 18.4 Å². The van der Waals surface area contributed by atoms with E-state index in [1.165, 1.54) is 45.1 Å². The molecule has 2 heteroatoms. The standard InChI is InChI=1S/C14H30N2/c1-4-14(5-2,6-3)16-11-13-9-7-8-12(13)10-15/h12-13,16H,4-11,15H2,1-3H3. The van der Waals surface area contributed by atoms with Crippen LogP contribution in [0.15, 0.2) is 0 Å². The van der Waals surface area contributed by atoms with Crippen LogP contribution in [0.5, 0.6) is 0 Å². The smallest absolute Gasteiger partial charge is 0.0173 e. The Morgan fingerprint density at radius 3 is 2.12 bits per heavy atom. The number of hydrogen-bond donors (Lipinski definition) is 2. The molecule has 1 fully saturated rings. The van der Waals surface area contributed by atoms with Gasteiger partial charge in [-0.25, -0.2) is 0 Å². The fourth-order valence-electron chi connectivity index (χ4n) is 3.17. The summed E-state index contributed by atoms with van der Waals surface area (Å²) in [5, 5.41) is 3.83. The highest BCUT2D eigenvalue weighted by Gasteiger charge is 2.29. The molecule has 0 spiro atoms. The Morgan fingerprint density at radius 2 is 1.62 bits per heavy atom. The summed E-state index contributed by atoms with van der Waals surface area (Å²) in [6, 6.07) is 0. The first-order chi connectivity index (χ1) is 7.71. The lowest BCUT2D eigenvalue weighted by Crippen LogP contribution is -2.46. The summed E-state index contributed by atoms with van der Waals surface area (Å²) in [4.78, 5) is 0. The van der Waals surface area contributed by atoms with E-state index in [0.29, 0.717) is 5.54 Å². The number of hydrogen-bond acceptors (Lipinski definition) is 2. The van der Waals surface area contributed by atoms with E-state index in [-0.39, 0.29) is 0 Å². The van der Waals surface area contributed by atoms with Crippen LogP contribution in [0.3, 0.4) is 0 Å². The van der Waals surface area contributed by atoms with Gasteiger partial charge in [-0.05, 0) is 57.0 Å². The highest BCUT2D eigenvalue weighted by atomic mass is 15.0. The van der Waals surface area contributed by atoms with Crippen LogP contribution in [-0.4, -0.2) is 18.6 Å². The zero-order valence-electron chi connectivity index (χ0n) is 11.4. The molecule has 0 saturated heterocycles. The average molecular weight is 226 g/mol. The van der Waals surface area contributed by atoms with Gasteiger partial charge in [0.05, 0.1) is 0 Å². The molecule has 2 nitrogen and oxygen atoms in total. The third-order valence-corrected chi connectivity index (χ3v) is 4.89. The molecule has 16 heavy (non-hydrogen) atoms. The number of nitrogens with two attached hydrogens (primary N) is 1. The fraction of sp³-hybridized carbons (Fsp3) is 1.00. The van der Waals surface area contributed by atoms with Crippen molar-refractivity contribution < 1.29 is 0 Å². The van der Waals surface area contributed by atoms with Crippen molar-refractivity contribution in [2.45, 2.75) is 64.8 Å². The SMILES string of the molecule is CCC(CC)(CC)NCC1CCCC1CN. The van der Waals surface area contributed by atoms with E-state index in [1.54, 1.807) is 0 Å². The highest BCUT2D eigenvalue weighted by molar-refractivity contribution is 4.87. The molecule has 0 bridgehead atoms. The predicted octanol–water partition coefficient (Wildman–Crippen LogP) is 2.92. The molecule has 0 radical (unpaired) electrons. The molecule has 0 heterocycles. The van der Waals surface area contributed by atoms with Crippen LogP contribution < -0.4 is 11.1 Å². The van der Waals surface area contributed by atoms with Crippen molar-refractivity contribution in [1.29, 1.82) is 0 Å². The molecule has 1 saturated carbocycles. The first kappa shape index (κ1) is 14.0. The zero-order valence-corrected chi connectivity index (χ0v) is 11.4. The van der Waals surface area contributed by atoms with E-state index in [1.807, 2.05) is 0 Å². The minimum Gasteiger partial charge on any atom is -0.330 e. The van der Waals surface area contributed by atoms with Crippen molar-refractivity contribution in [1.82, 2.24) is 5.32 Å². The largest absolute Gasteiger partial charge is 0.330 e. The maximum atomic E-state index is 5.83. The highest BCUT2D eigenvalue weighted by Crippen LogP contribution is 2.31. The second-order valence-corrected chi connectivity index (χ2v) is 5.41. The lowest BCUT2D eigenvalue weighted by molar-refractivity contribution is 0.252. The molecule has 0 aromatic rings. The summed E-state index contributed by atoms with van der Waals surface area (Å²) in [6.07, 6.45) is 7.81. The van der Waals surface area contributed by atoms with Gasteiger partial charge in [-0.2, -0.15) is 0 Å². The van der Waals surface area contributed by atoms with Gasteiger partial charge >= 0.3 is 0 Å². The molecule has 3 N–H and O–H groups in total. The molecule has 0 aliphatic heterocycles. The van der Waals surface area contributed by atoms with Crippen molar-refractivity contribution in [2.24, 2.45) is 17.6 Å².